The van der Waals surface area contributed by atoms with Crippen LogP contribution >= 0.6 is 0 Å². The van der Waals surface area contributed by atoms with Gasteiger partial charge in [0.1, 0.15) is 5.82 Å². The number of likely N-dealkylation sites (tertiary alicyclic amines) is 1. The smallest absolute Gasteiger partial charge is 0.159 e. The summed E-state index contributed by atoms with van der Waals surface area (Å²) in [4.78, 5) is 11.9. The van der Waals surface area contributed by atoms with E-state index in [9.17, 15) is 0 Å². The minimum Gasteiger partial charge on any atom is -0.337 e. The van der Waals surface area contributed by atoms with Crippen molar-refractivity contribution in [2.24, 2.45) is 7.05 Å². The molecule has 1 aliphatic rings. The van der Waals surface area contributed by atoms with Crippen LogP contribution in [0.25, 0.3) is 5.65 Å². The maximum atomic E-state index is 4.70. The summed E-state index contributed by atoms with van der Waals surface area (Å²) in [5.74, 6) is 1.72. The summed E-state index contributed by atoms with van der Waals surface area (Å²) >= 11 is 0. The normalized spacial score (nSPS) is 18.8. The molecule has 4 rings (SSSR count). The third kappa shape index (κ3) is 2.60. The molecule has 1 atom stereocenters. The topological polar surface area (TPSA) is 51.2 Å². The van der Waals surface area contributed by atoms with Gasteiger partial charge in [-0.1, -0.05) is 0 Å². The fourth-order valence-electron chi connectivity index (χ4n) is 3.87. The summed E-state index contributed by atoms with van der Waals surface area (Å²) in [5, 5.41) is 4.51. The van der Waals surface area contributed by atoms with Gasteiger partial charge in [0.2, 0.25) is 0 Å². The van der Waals surface area contributed by atoms with Crippen molar-refractivity contribution in [2.45, 2.75) is 39.7 Å². The summed E-state index contributed by atoms with van der Waals surface area (Å²) in [5.41, 5.74) is 5.47. The first-order valence-corrected chi connectivity index (χ1v) is 8.54. The van der Waals surface area contributed by atoms with Crippen molar-refractivity contribution < 1.29 is 0 Å². The molecule has 0 spiro atoms. The molecule has 4 heterocycles. The third-order valence-corrected chi connectivity index (χ3v) is 4.92. The Morgan fingerprint density at radius 1 is 1.17 bits per heavy atom. The highest BCUT2D eigenvalue weighted by atomic mass is 15.3. The van der Waals surface area contributed by atoms with E-state index in [0.29, 0.717) is 5.92 Å². The molecule has 6 nitrogen and oxygen atoms in total. The van der Waals surface area contributed by atoms with Crippen LogP contribution in [0.1, 0.15) is 40.8 Å². The predicted octanol–water partition coefficient (Wildman–Crippen LogP) is 2.38. The van der Waals surface area contributed by atoms with Crippen LogP contribution in [-0.2, 0) is 13.6 Å². The van der Waals surface area contributed by atoms with Crippen LogP contribution in [0.15, 0.2) is 18.5 Å². The molecule has 0 aliphatic carbocycles. The second-order valence-electron chi connectivity index (χ2n) is 7.02. The van der Waals surface area contributed by atoms with Gasteiger partial charge in [-0.05, 0) is 39.8 Å². The Bertz CT molecular complexity index is 890. The highest BCUT2D eigenvalue weighted by molar-refractivity contribution is 5.47. The number of rotatable bonds is 3. The molecule has 3 aromatic heterocycles. The van der Waals surface area contributed by atoms with Crippen LogP contribution in [0.5, 0.6) is 0 Å². The Hall–Kier alpha value is -2.21. The number of aryl methyl sites for hydroxylation is 4. The Kier molecular flexibility index (Phi) is 3.64. The molecule has 1 saturated heterocycles. The average Bonchev–Trinajstić information content (AvgIpc) is 3.20. The van der Waals surface area contributed by atoms with E-state index in [2.05, 4.69) is 47.7 Å². The summed E-state index contributed by atoms with van der Waals surface area (Å²) in [6.45, 7) is 9.23. The number of aromatic nitrogens is 5. The lowest BCUT2D eigenvalue weighted by Gasteiger charge is -2.15. The lowest BCUT2D eigenvalue weighted by atomic mass is 10.1. The minimum atomic E-state index is 0.516. The zero-order valence-corrected chi connectivity index (χ0v) is 14.8. The summed E-state index contributed by atoms with van der Waals surface area (Å²) in [6.07, 6.45) is 5.24. The maximum Gasteiger partial charge on any atom is 0.159 e. The summed E-state index contributed by atoms with van der Waals surface area (Å²) in [6, 6.07) is 2.07. The molecule has 0 saturated carbocycles. The first-order valence-electron chi connectivity index (χ1n) is 8.54. The van der Waals surface area contributed by atoms with Crippen LogP contribution in [-0.4, -0.2) is 42.1 Å². The van der Waals surface area contributed by atoms with E-state index in [0.717, 1.165) is 48.8 Å². The van der Waals surface area contributed by atoms with Crippen molar-refractivity contribution in [3.05, 3.63) is 46.9 Å². The predicted molar refractivity (Wildman–Crippen MR) is 93.0 cm³/mol. The van der Waals surface area contributed by atoms with E-state index >= 15 is 0 Å². The lowest BCUT2D eigenvalue weighted by molar-refractivity contribution is 0.326. The van der Waals surface area contributed by atoms with Gasteiger partial charge in [-0.3, -0.25) is 4.90 Å². The second kappa shape index (κ2) is 5.70. The Morgan fingerprint density at radius 3 is 2.75 bits per heavy atom. The Balaban J connectivity index is 1.54. The molecular formula is C18H24N6. The molecule has 0 N–H and O–H groups in total. The highest BCUT2D eigenvalue weighted by Gasteiger charge is 2.27. The van der Waals surface area contributed by atoms with Gasteiger partial charge in [0.25, 0.3) is 0 Å². The van der Waals surface area contributed by atoms with Gasteiger partial charge in [0.05, 0.1) is 11.9 Å². The zero-order valence-electron chi connectivity index (χ0n) is 14.8. The number of imidazole rings is 1. The fourth-order valence-corrected chi connectivity index (χ4v) is 3.87. The van der Waals surface area contributed by atoms with Crippen LogP contribution in [0.2, 0.25) is 0 Å². The van der Waals surface area contributed by atoms with E-state index in [1.165, 1.54) is 11.4 Å². The highest BCUT2D eigenvalue weighted by Crippen LogP contribution is 2.28. The van der Waals surface area contributed by atoms with Gasteiger partial charge < -0.3 is 4.57 Å². The van der Waals surface area contributed by atoms with E-state index < -0.39 is 0 Å². The SMILES string of the molecule is Cc1cn(C)c([C@@H]2CCN(Cc3cnn4c(C)cc(C)nc34)C2)n1. The molecule has 1 fully saturated rings. The van der Waals surface area contributed by atoms with Crippen molar-refractivity contribution in [2.75, 3.05) is 13.1 Å². The molecule has 1 aliphatic heterocycles. The van der Waals surface area contributed by atoms with Gasteiger partial charge in [0.15, 0.2) is 5.65 Å². The molecule has 24 heavy (non-hydrogen) atoms. The largest absolute Gasteiger partial charge is 0.337 e. The first-order chi connectivity index (χ1) is 11.5. The molecule has 0 amide bonds. The van der Waals surface area contributed by atoms with Crippen molar-refractivity contribution in [1.29, 1.82) is 0 Å². The second-order valence-corrected chi connectivity index (χ2v) is 7.02. The number of nitrogens with zero attached hydrogens (tertiary/aromatic N) is 6. The van der Waals surface area contributed by atoms with Gasteiger partial charge >= 0.3 is 0 Å². The summed E-state index contributed by atoms with van der Waals surface area (Å²) in [7, 11) is 2.10. The molecule has 3 aromatic rings. The first kappa shape index (κ1) is 15.3. The van der Waals surface area contributed by atoms with E-state index in [1.54, 1.807) is 0 Å². The quantitative estimate of drug-likeness (QED) is 0.742. The maximum absolute atomic E-state index is 4.70. The van der Waals surface area contributed by atoms with Crippen LogP contribution in [0, 0.1) is 20.8 Å². The summed E-state index contributed by atoms with van der Waals surface area (Å²) < 4.78 is 4.12. The van der Waals surface area contributed by atoms with Gasteiger partial charge in [-0.25, -0.2) is 14.5 Å². The van der Waals surface area contributed by atoms with E-state index in [1.807, 2.05) is 17.6 Å². The van der Waals surface area contributed by atoms with Crippen molar-refractivity contribution >= 4 is 5.65 Å². The van der Waals surface area contributed by atoms with Crippen molar-refractivity contribution in [3.8, 4) is 0 Å². The van der Waals surface area contributed by atoms with Gasteiger partial charge in [-0.15, -0.1) is 0 Å². The molecule has 0 unspecified atom stereocenters. The van der Waals surface area contributed by atoms with Crippen LogP contribution in [0.4, 0.5) is 0 Å². The lowest BCUT2D eigenvalue weighted by Crippen LogP contribution is -2.20. The standard InChI is InChI=1S/C18H24N6/c1-12-7-14(3)24-18(20-12)16(8-19-24)11-23-6-5-15(10-23)17-21-13(2)9-22(17)4/h7-9,15H,5-6,10-11H2,1-4H3/t15-/m1/s1. The van der Waals surface area contributed by atoms with Crippen LogP contribution in [0.3, 0.4) is 0 Å². The van der Waals surface area contributed by atoms with Gasteiger partial charge in [0, 0.05) is 49.2 Å². The number of hydrogen-bond acceptors (Lipinski definition) is 4. The van der Waals surface area contributed by atoms with Gasteiger partial charge in [-0.2, -0.15) is 5.10 Å². The average molecular weight is 324 g/mol. The van der Waals surface area contributed by atoms with E-state index in [4.69, 9.17) is 9.97 Å². The Labute approximate surface area is 142 Å². The molecular weight excluding hydrogens is 300 g/mol. The molecule has 6 heteroatoms. The van der Waals surface area contributed by atoms with E-state index in [-0.39, 0.29) is 0 Å². The zero-order chi connectivity index (χ0) is 16.8. The monoisotopic (exact) mass is 324 g/mol. The molecule has 0 bridgehead atoms. The van der Waals surface area contributed by atoms with Crippen molar-refractivity contribution in [3.63, 3.8) is 0 Å². The third-order valence-electron chi connectivity index (χ3n) is 4.92. The van der Waals surface area contributed by atoms with Crippen molar-refractivity contribution in [1.82, 2.24) is 29.0 Å². The Morgan fingerprint density at radius 2 is 2.00 bits per heavy atom. The molecule has 0 radical (unpaired) electrons. The number of fused-ring (bicyclic) bond motifs is 1. The minimum absolute atomic E-state index is 0.516. The molecule has 0 aromatic carbocycles. The fraction of sp³-hybridized carbons (Fsp3) is 0.500. The van der Waals surface area contributed by atoms with Crippen LogP contribution < -0.4 is 0 Å². The number of hydrogen-bond donors (Lipinski definition) is 0. The molecule has 126 valence electrons.